The lowest BCUT2D eigenvalue weighted by atomic mass is 9.68. The maximum atomic E-state index is 13.3. The highest BCUT2D eigenvalue weighted by molar-refractivity contribution is 7.88. The van der Waals surface area contributed by atoms with E-state index in [1.807, 2.05) is 18.2 Å². The van der Waals surface area contributed by atoms with E-state index in [2.05, 4.69) is 26.5 Å². The van der Waals surface area contributed by atoms with Crippen LogP contribution in [-0.2, 0) is 36.3 Å². The molecule has 5 atom stereocenters. The number of anilines is 1. The van der Waals surface area contributed by atoms with Gasteiger partial charge in [-0.05, 0) is 98.7 Å². The number of fused-ring (bicyclic) bond motifs is 4. The molecule has 248 valence electrons. The minimum atomic E-state index is -4.13. The Balaban J connectivity index is 1.38. The smallest absolute Gasteiger partial charge is 0.307 e. The lowest BCUT2D eigenvalue weighted by molar-refractivity contribution is -0.142. The molecule has 2 heterocycles. The lowest BCUT2D eigenvalue weighted by Crippen LogP contribution is -2.49. The first-order chi connectivity index (χ1) is 22.1. The number of hydrogen-bond donors (Lipinski definition) is 2. The molecule has 2 aromatic rings. The number of ether oxygens (including phenoxy) is 3. The van der Waals surface area contributed by atoms with Crippen LogP contribution in [0.3, 0.4) is 0 Å². The summed E-state index contributed by atoms with van der Waals surface area (Å²) in [7, 11) is -2.77. The van der Waals surface area contributed by atoms with Gasteiger partial charge in [0.05, 0.1) is 38.5 Å². The molecule has 1 amide bonds. The lowest BCUT2D eigenvalue weighted by Gasteiger charge is -2.46. The number of hydrogen-bond acceptors (Lipinski definition) is 8. The van der Waals surface area contributed by atoms with Crippen molar-refractivity contribution in [2.75, 3.05) is 38.3 Å². The summed E-state index contributed by atoms with van der Waals surface area (Å²) >= 11 is 6.41. The molecule has 46 heavy (non-hydrogen) atoms. The Morgan fingerprint density at radius 2 is 2.04 bits per heavy atom. The van der Waals surface area contributed by atoms with Crippen LogP contribution in [0, 0.1) is 11.8 Å². The Kier molecular flexibility index (Phi) is 9.66. The van der Waals surface area contributed by atoms with E-state index in [1.165, 1.54) is 18.2 Å². The molecule has 2 N–H and O–H groups in total. The number of esters is 1. The Labute approximate surface area is 276 Å². The van der Waals surface area contributed by atoms with E-state index in [-0.39, 0.29) is 47.9 Å². The summed E-state index contributed by atoms with van der Waals surface area (Å²) < 4.78 is 48.2. The number of rotatable bonds is 4. The summed E-state index contributed by atoms with van der Waals surface area (Å²) in [6.07, 6.45) is 9.09. The average molecular weight is 672 g/mol. The van der Waals surface area contributed by atoms with E-state index in [4.69, 9.17) is 25.8 Å². The predicted molar refractivity (Wildman–Crippen MR) is 176 cm³/mol. The fourth-order valence-corrected chi connectivity index (χ4v) is 8.68. The molecule has 6 rings (SSSR count). The maximum Gasteiger partial charge on any atom is 0.307 e. The molecule has 2 aliphatic heterocycles. The molecule has 1 saturated carbocycles. The molecular formula is C34H42ClN3O7S. The zero-order valence-corrected chi connectivity index (χ0v) is 27.9. The Morgan fingerprint density at radius 3 is 2.83 bits per heavy atom. The molecule has 1 fully saturated rings. The summed E-state index contributed by atoms with van der Waals surface area (Å²) in [6, 6.07) is 10.8. The van der Waals surface area contributed by atoms with Gasteiger partial charge in [-0.3, -0.25) is 9.59 Å². The van der Waals surface area contributed by atoms with Crippen molar-refractivity contribution in [3.63, 3.8) is 0 Å². The van der Waals surface area contributed by atoms with Gasteiger partial charge in [0.25, 0.3) is 5.91 Å². The van der Waals surface area contributed by atoms with Gasteiger partial charge in [0.15, 0.2) is 0 Å². The fourth-order valence-electron chi connectivity index (χ4n) is 7.43. The van der Waals surface area contributed by atoms with Gasteiger partial charge in [-0.1, -0.05) is 29.8 Å². The number of carbonyl (C=O) groups excluding carboxylic acids is 2. The third kappa shape index (κ3) is 7.07. The van der Waals surface area contributed by atoms with Gasteiger partial charge < -0.3 is 19.1 Å². The van der Waals surface area contributed by atoms with Crippen LogP contribution in [-0.4, -0.2) is 65.9 Å². The highest BCUT2D eigenvalue weighted by atomic mass is 35.5. The third-order valence-electron chi connectivity index (χ3n) is 9.90. The Hall–Kier alpha value is -3.12. The standard InChI is InChI=1S/C34H42ClN3O7S/c1-22-5-3-7-30(44-16-14-32(39)43-2)27-11-8-25(27)19-38-20-34(15-4-6-23-17-26(35)10-12-28(23)34)21-45-31-13-9-24(18-29(31)38)33(40)37-46(41,42)36-22/h3,7,9-10,12-13,17-18,22,25,27,30,36H,4-6,8,11,14-16,19-21H2,1-2H3,(H,37,40)/b7-3-/t22-,25-,27+,30-,34-/m0/s1. The van der Waals surface area contributed by atoms with Crippen molar-refractivity contribution in [3.05, 3.63) is 70.3 Å². The number of methoxy groups -OCH3 is 1. The Bertz CT molecular complexity index is 1620. The summed E-state index contributed by atoms with van der Waals surface area (Å²) in [5.41, 5.74) is 3.18. The van der Waals surface area contributed by atoms with E-state index in [0.717, 1.165) is 42.8 Å². The van der Waals surface area contributed by atoms with Crippen LogP contribution in [0.5, 0.6) is 5.75 Å². The first-order valence-corrected chi connectivity index (χ1v) is 17.9. The largest absolute Gasteiger partial charge is 0.490 e. The monoisotopic (exact) mass is 671 g/mol. The molecule has 2 bridgehead atoms. The van der Waals surface area contributed by atoms with Crippen LogP contribution < -0.4 is 19.1 Å². The van der Waals surface area contributed by atoms with Crippen LogP contribution in [0.25, 0.3) is 0 Å². The van der Waals surface area contributed by atoms with Crippen LogP contribution in [0.1, 0.15) is 66.9 Å². The fraction of sp³-hybridized carbons (Fsp3) is 0.529. The predicted octanol–water partition coefficient (Wildman–Crippen LogP) is 4.70. The third-order valence-corrected chi connectivity index (χ3v) is 11.3. The maximum absolute atomic E-state index is 13.3. The molecule has 2 aromatic carbocycles. The highest BCUT2D eigenvalue weighted by Crippen LogP contribution is 2.47. The number of nitrogens with zero attached hydrogens (tertiary/aromatic N) is 1. The number of halogens is 1. The van der Waals surface area contributed by atoms with E-state index in [9.17, 15) is 18.0 Å². The summed E-state index contributed by atoms with van der Waals surface area (Å²) in [5, 5.41) is 0.719. The molecule has 4 aliphatic rings. The van der Waals surface area contributed by atoms with Crippen LogP contribution in [0.4, 0.5) is 5.69 Å². The zero-order chi connectivity index (χ0) is 32.5. The van der Waals surface area contributed by atoms with Gasteiger partial charge in [0.2, 0.25) is 0 Å². The van der Waals surface area contributed by atoms with Gasteiger partial charge in [-0.2, -0.15) is 13.1 Å². The van der Waals surface area contributed by atoms with Crippen LogP contribution >= 0.6 is 11.6 Å². The summed E-state index contributed by atoms with van der Waals surface area (Å²) in [4.78, 5) is 27.4. The molecule has 0 radical (unpaired) electrons. The second kappa shape index (κ2) is 13.5. The van der Waals surface area contributed by atoms with E-state index in [1.54, 1.807) is 25.1 Å². The van der Waals surface area contributed by atoms with E-state index in [0.29, 0.717) is 31.9 Å². The molecule has 10 nitrogen and oxygen atoms in total. The molecular weight excluding hydrogens is 630 g/mol. The quantitative estimate of drug-likeness (QED) is 0.354. The summed E-state index contributed by atoms with van der Waals surface area (Å²) in [5.74, 6) is 0.101. The SMILES string of the molecule is COC(=O)CCO[C@H]1/C=C\C[C@H](C)NS(=O)(=O)NC(=O)c2ccc3c(c2)N(C[C@@H]2CC[C@H]21)C[C@@]1(CCCc2cc(Cl)ccc21)CO3. The zero-order valence-electron chi connectivity index (χ0n) is 26.3. The Morgan fingerprint density at radius 1 is 1.20 bits per heavy atom. The van der Waals surface area contributed by atoms with Crippen molar-refractivity contribution in [1.82, 2.24) is 9.44 Å². The topological polar surface area (TPSA) is 123 Å². The first kappa shape index (κ1) is 32.8. The molecule has 0 saturated heterocycles. The second-order valence-corrected chi connectivity index (χ2v) is 15.0. The minimum absolute atomic E-state index is 0.152. The number of aryl methyl sites for hydroxylation is 1. The van der Waals surface area contributed by atoms with Crippen molar-refractivity contribution in [1.29, 1.82) is 0 Å². The second-order valence-electron chi connectivity index (χ2n) is 13.1. The van der Waals surface area contributed by atoms with Gasteiger partial charge in [0, 0.05) is 35.1 Å². The van der Waals surface area contributed by atoms with E-state index < -0.39 is 22.2 Å². The van der Waals surface area contributed by atoms with Crippen molar-refractivity contribution < 1.29 is 32.2 Å². The van der Waals surface area contributed by atoms with Gasteiger partial charge in [-0.25, -0.2) is 4.72 Å². The highest BCUT2D eigenvalue weighted by Gasteiger charge is 2.44. The molecule has 0 aromatic heterocycles. The van der Waals surface area contributed by atoms with Crippen LogP contribution in [0.2, 0.25) is 5.02 Å². The molecule has 1 spiro atoms. The molecule has 2 aliphatic carbocycles. The minimum Gasteiger partial charge on any atom is -0.490 e. The van der Waals surface area contributed by atoms with Crippen molar-refractivity contribution in [3.8, 4) is 5.75 Å². The van der Waals surface area contributed by atoms with Crippen molar-refractivity contribution >= 4 is 39.4 Å². The number of benzene rings is 2. The first-order valence-electron chi connectivity index (χ1n) is 16.1. The van der Waals surface area contributed by atoms with Crippen molar-refractivity contribution in [2.24, 2.45) is 11.8 Å². The van der Waals surface area contributed by atoms with Gasteiger partial charge in [-0.15, -0.1) is 0 Å². The number of nitrogens with one attached hydrogen (secondary N) is 2. The number of amides is 1. The normalized spacial score (nSPS) is 29.6. The van der Waals surface area contributed by atoms with Crippen LogP contribution in [0.15, 0.2) is 48.6 Å². The summed E-state index contributed by atoms with van der Waals surface area (Å²) in [6.45, 7) is 3.82. The average Bonchev–Trinajstić information content (AvgIpc) is 3.14. The molecule has 0 unspecified atom stereocenters. The van der Waals surface area contributed by atoms with Gasteiger partial charge in [0.1, 0.15) is 5.75 Å². The molecule has 12 heteroatoms. The van der Waals surface area contributed by atoms with Crippen molar-refractivity contribution in [2.45, 2.75) is 69.4 Å². The number of carbonyl (C=O) groups is 2. The van der Waals surface area contributed by atoms with E-state index >= 15 is 0 Å². The van der Waals surface area contributed by atoms with Gasteiger partial charge >= 0.3 is 16.2 Å².